The summed E-state index contributed by atoms with van der Waals surface area (Å²) in [6.45, 7) is 6.80. The van der Waals surface area contributed by atoms with Crippen molar-refractivity contribution in [3.8, 4) is 5.75 Å². The van der Waals surface area contributed by atoms with E-state index in [4.69, 9.17) is 15.2 Å². The Labute approximate surface area is 123 Å². The minimum absolute atomic E-state index is 0.0186. The van der Waals surface area contributed by atoms with Crippen molar-refractivity contribution in [3.63, 3.8) is 0 Å². The van der Waals surface area contributed by atoms with Crippen molar-refractivity contribution in [1.29, 1.82) is 0 Å². The van der Waals surface area contributed by atoms with E-state index in [2.05, 4.69) is 29.8 Å². The van der Waals surface area contributed by atoms with Crippen LogP contribution in [0, 0.1) is 0 Å². The molecule has 0 spiro atoms. The van der Waals surface area contributed by atoms with Gasteiger partial charge in [0.05, 0.1) is 11.7 Å². The van der Waals surface area contributed by atoms with Crippen LogP contribution >= 0.6 is 15.9 Å². The first-order valence-corrected chi connectivity index (χ1v) is 7.52. The smallest absolute Gasteiger partial charge is 0.125 e. The molecule has 0 aromatic heterocycles. The summed E-state index contributed by atoms with van der Waals surface area (Å²) in [7, 11) is 0. The number of hydrogen-bond donors (Lipinski definition) is 1. The molecule has 3 nitrogen and oxygen atoms in total. The topological polar surface area (TPSA) is 44.5 Å². The molecular weight excluding hydrogens is 306 g/mol. The summed E-state index contributed by atoms with van der Waals surface area (Å²) in [5.41, 5.74) is 6.97. The van der Waals surface area contributed by atoms with Gasteiger partial charge in [0.1, 0.15) is 12.4 Å². The molecule has 2 rings (SSSR count). The first kappa shape index (κ1) is 14.8. The third-order valence-corrected chi connectivity index (χ3v) is 3.94. The lowest BCUT2D eigenvalue weighted by Gasteiger charge is -2.20. The summed E-state index contributed by atoms with van der Waals surface area (Å²) in [4.78, 5) is 0. The van der Waals surface area contributed by atoms with Crippen LogP contribution in [0.25, 0.3) is 0 Å². The van der Waals surface area contributed by atoms with Crippen LogP contribution in [0.15, 0.2) is 22.7 Å². The Morgan fingerprint density at radius 3 is 2.84 bits per heavy atom. The van der Waals surface area contributed by atoms with Gasteiger partial charge in [-0.2, -0.15) is 0 Å². The summed E-state index contributed by atoms with van der Waals surface area (Å²) in [5.74, 6) is 0.845. The van der Waals surface area contributed by atoms with Crippen LogP contribution < -0.4 is 10.5 Å². The van der Waals surface area contributed by atoms with E-state index in [9.17, 15) is 0 Å². The molecule has 1 aromatic rings. The second-order valence-electron chi connectivity index (χ2n) is 5.82. The van der Waals surface area contributed by atoms with Gasteiger partial charge in [0.15, 0.2) is 0 Å². The summed E-state index contributed by atoms with van der Waals surface area (Å²) < 4.78 is 12.9. The molecule has 0 amide bonds. The van der Waals surface area contributed by atoms with E-state index in [1.165, 1.54) is 0 Å². The van der Waals surface area contributed by atoms with E-state index in [1.54, 1.807) is 0 Å². The van der Waals surface area contributed by atoms with E-state index in [0.29, 0.717) is 6.61 Å². The van der Waals surface area contributed by atoms with E-state index in [-0.39, 0.29) is 17.7 Å². The molecule has 0 bridgehead atoms. The van der Waals surface area contributed by atoms with Gasteiger partial charge in [-0.15, -0.1) is 0 Å². The standard InChI is InChI=1S/C15H22BrNO2/c1-10(17)13-5-4-11(16)8-14(13)18-9-12-6-7-15(2,3)19-12/h4-5,8,10,12H,6-7,9,17H2,1-3H3/t10-,12?/m1/s1. The molecule has 1 unspecified atom stereocenters. The number of ether oxygens (including phenoxy) is 2. The highest BCUT2D eigenvalue weighted by Crippen LogP contribution is 2.31. The van der Waals surface area contributed by atoms with Crippen molar-refractivity contribution in [2.45, 2.75) is 51.4 Å². The molecule has 2 atom stereocenters. The Kier molecular flexibility index (Phi) is 4.54. The first-order valence-electron chi connectivity index (χ1n) is 6.73. The van der Waals surface area contributed by atoms with Crippen LogP contribution in [0.3, 0.4) is 0 Å². The lowest BCUT2D eigenvalue weighted by Crippen LogP contribution is -2.24. The lowest BCUT2D eigenvalue weighted by atomic mass is 10.1. The third-order valence-electron chi connectivity index (χ3n) is 3.44. The van der Waals surface area contributed by atoms with Gasteiger partial charge in [-0.3, -0.25) is 0 Å². The molecule has 4 heteroatoms. The molecule has 1 heterocycles. The minimum atomic E-state index is -0.0379. The largest absolute Gasteiger partial charge is 0.490 e. The van der Waals surface area contributed by atoms with Gasteiger partial charge in [0.25, 0.3) is 0 Å². The van der Waals surface area contributed by atoms with Crippen molar-refractivity contribution < 1.29 is 9.47 Å². The number of rotatable bonds is 4. The molecular formula is C15H22BrNO2. The maximum absolute atomic E-state index is 5.96. The monoisotopic (exact) mass is 327 g/mol. The zero-order chi connectivity index (χ0) is 14.0. The van der Waals surface area contributed by atoms with Gasteiger partial charge >= 0.3 is 0 Å². The van der Waals surface area contributed by atoms with E-state index < -0.39 is 0 Å². The van der Waals surface area contributed by atoms with Crippen LogP contribution in [0.5, 0.6) is 5.75 Å². The summed E-state index contributed by atoms with van der Waals surface area (Å²) in [6.07, 6.45) is 2.31. The Balaban J connectivity index is 2.01. The van der Waals surface area contributed by atoms with Crippen LogP contribution in [0.4, 0.5) is 0 Å². The number of halogens is 1. The molecule has 2 N–H and O–H groups in total. The van der Waals surface area contributed by atoms with Crippen LogP contribution in [0.1, 0.15) is 45.2 Å². The molecule has 0 saturated carbocycles. The van der Waals surface area contributed by atoms with Crippen LogP contribution in [-0.2, 0) is 4.74 Å². The van der Waals surface area contributed by atoms with Crippen molar-refractivity contribution in [1.82, 2.24) is 0 Å². The maximum Gasteiger partial charge on any atom is 0.125 e. The molecule has 1 aliphatic rings. The van der Waals surface area contributed by atoms with Gasteiger partial charge in [0.2, 0.25) is 0 Å². The van der Waals surface area contributed by atoms with Crippen molar-refractivity contribution >= 4 is 15.9 Å². The Morgan fingerprint density at radius 2 is 2.26 bits per heavy atom. The van der Waals surface area contributed by atoms with Crippen molar-refractivity contribution in [2.75, 3.05) is 6.61 Å². The van der Waals surface area contributed by atoms with Gasteiger partial charge in [-0.25, -0.2) is 0 Å². The highest BCUT2D eigenvalue weighted by atomic mass is 79.9. The molecule has 0 aliphatic carbocycles. The Morgan fingerprint density at radius 1 is 1.53 bits per heavy atom. The summed E-state index contributed by atoms with van der Waals surface area (Å²) in [6, 6.07) is 5.92. The number of hydrogen-bond acceptors (Lipinski definition) is 3. The molecule has 1 saturated heterocycles. The zero-order valence-corrected chi connectivity index (χ0v) is 13.4. The van der Waals surface area contributed by atoms with E-state index in [1.807, 2.05) is 25.1 Å². The average Bonchev–Trinajstić information content (AvgIpc) is 2.66. The highest BCUT2D eigenvalue weighted by molar-refractivity contribution is 9.10. The predicted octanol–water partition coefficient (Wildman–Crippen LogP) is 3.81. The van der Waals surface area contributed by atoms with Crippen LogP contribution in [0.2, 0.25) is 0 Å². The first-order chi connectivity index (χ1) is 8.87. The average molecular weight is 328 g/mol. The second kappa shape index (κ2) is 5.81. The zero-order valence-electron chi connectivity index (χ0n) is 11.8. The molecule has 1 fully saturated rings. The van der Waals surface area contributed by atoms with Crippen molar-refractivity contribution in [2.24, 2.45) is 5.73 Å². The minimum Gasteiger partial charge on any atom is -0.490 e. The molecule has 19 heavy (non-hydrogen) atoms. The van der Waals surface area contributed by atoms with Gasteiger partial charge < -0.3 is 15.2 Å². The normalized spacial score (nSPS) is 23.3. The lowest BCUT2D eigenvalue weighted by molar-refractivity contribution is -0.0328. The van der Waals surface area contributed by atoms with Crippen LogP contribution in [-0.4, -0.2) is 18.3 Å². The fourth-order valence-electron chi connectivity index (χ4n) is 2.39. The van der Waals surface area contributed by atoms with Crippen molar-refractivity contribution in [3.05, 3.63) is 28.2 Å². The fourth-order valence-corrected chi connectivity index (χ4v) is 2.73. The molecule has 0 radical (unpaired) electrons. The van der Waals surface area contributed by atoms with Gasteiger partial charge in [0, 0.05) is 16.1 Å². The molecule has 1 aliphatic heterocycles. The molecule has 106 valence electrons. The SMILES string of the molecule is C[C@@H](N)c1ccc(Br)cc1OCC1CCC(C)(C)O1. The van der Waals surface area contributed by atoms with Gasteiger partial charge in [-0.1, -0.05) is 22.0 Å². The summed E-state index contributed by atoms with van der Waals surface area (Å²) in [5, 5.41) is 0. The van der Waals surface area contributed by atoms with E-state index >= 15 is 0 Å². The quantitative estimate of drug-likeness (QED) is 0.914. The Bertz CT molecular complexity index is 446. The third kappa shape index (κ3) is 3.94. The summed E-state index contributed by atoms with van der Waals surface area (Å²) >= 11 is 3.46. The predicted molar refractivity (Wildman–Crippen MR) is 80.4 cm³/mol. The second-order valence-corrected chi connectivity index (χ2v) is 6.74. The molecule has 1 aromatic carbocycles. The maximum atomic E-state index is 5.96. The Hall–Kier alpha value is -0.580. The van der Waals surface area contributed by atoms with E-state index in [0.717, 1.165) is 28.6 Å². The number of benzene rings is 1. The fraction of sp³-hybridized carbons (Fsp3) is 0.600. The number of nitrogens with two attached hydrogens (primary N) is 1. The van der Waals surface area contributed by atoms with Gasteiger partial charge in [-0.05, 0) is 45.7 Å². The highest BCUT2D eigenvalue weighted by Gasteiger charge is 2.32.